The SMILES string of the molecule is CC(C)(C)NC[C@H]1CCCN1. The highest BCUT2D eigenvalue weighted by Crippen LogP contribution is 2.05. The van der Waals surface area contributed by atoms with Gasteiger partial charge in [0.15, 0.2) is 0 Å². The van der Waals surface area contributed by atoms with Gasteiger partial charge < -0.3 is 10.6 Å². The number of hydrogen-bond acceptors (Lipinski definition) is 2. The fourth-order valence-corrected chi connectivity index (χ4v) is 1.36. The van der Waals surface area contributed by atoms with Gasteiger partial charge >= 0.3 is 0 Å². The number of hydrogen-bond donors (Lipinski definition) is 2. The second kappa shape index (κ2) is 3.55. The van der Waals surface area contributed by atoms with Crippen molar-refractivity contribution >= 4 is 0 Å². The Balaban J connectivity index is 2.11. The van der Waals surface area contributed by atoms with Gasteiger partial charge in [-0.3, -0.25) is 0 Å². The van der Waals surface area contributed by atoms with E-state index in [4.69, 9.17) is 0 Å². The van der Waals surface area contributed by atoms with Crippen LogP contribution in [0.4, 0.5) is 0 Å². The summed E-state index contributed by atoms with van der Waals surface area (Å²) in [4.78, 5) is 0. The van der Waals surface area contributed by atoms with E-state index in [-0.39, 0.29) is 5.54 Å². The van der Waals surface area contributed by atoms with Gasteiger partial charge in [0.05, 0.1) is 0 Å². The van der Waals surface area contributed by atoms with Crippen LogP contribution in [0.5, 0.6) is 0 Å². The van der Waals surface area contributed by atoms with Crippen molar-refractivity contribution in [2.75, 3.05) is 13.1 Å². The molecule has 0 aliphatic carbocycles. The van der Waals surface area contributed by atoms with Crippen molar-refractivity contribution in [3.05, 3.63) is 0 Å². The van der Waals surface area contributed by atoms with E-state index in [0.717, 1.165) is 6.54 Å². The summed E-state index contributed by atoms with van der Waals surface area (Å²) in [5, 5.41) is 6.97. The average Bonchev–Trinajstić information content (AvgIpc) is 2.32. The highest BCUT2D eigenvalue weighted by Gasteiger charge is 2.16. The van der Waals surface area contributed by atoms with Gasteiger partial charge in [-0.05, 0) is 40.2 Å². The first kappa shape index (κ1) is 9.01. The minimum Gasteiger partial charge on any atom is -0.313 e. The largest absolute Gasteiger partial charge is 0.313 e. The molecule has 0 unspecified atom stereocenters. The van der Waals surface area contributed by atoms with Gasteiger partial charge in [-0.25, -0.2) is 0 Å². The third-order valence-corrected chi connectivity index (χ3v) is 2.04. The van der Waals surface area contributed by atoms with Gasteiger partial charge in [0.25, 0.3) is 0 Å². The zero-order chi connectivity index (χ0) is 8.32. The van der Waals surface area contributed by atoms with E-state index in [1.807, 2.05) is 0 Å². The molecule has 11 heavy (non-hydrogen) atoms. The Kier molecular flexibility index (Phi) is 2.90. The Morgan fingerprint density at radius 3 is 2.64 bits per heavy atom. The van der Waals surface area contributed by atoms with E-state index in [1.165, 1.54) is 19.4 Å². The first-order chi connectivity index (χ1) is 5.08. The molecule has 0 spiro atoms. The minimum atomic E-state index is 0.268. The van der Waals surface area contributed by atoms with E-state index < -0.39 is 0 Å². The molecule has 0 amide bonds. The van der Waals surface area contributed by atoms with Crippen LogP contribution in [0.3, 0.4) is 0 Å². The smallest absolute Gasteiger partial charge is 0.0193 e. The lowest BCUT2D eigenvalue weighted by molar-refractivity contribution is 0.394. The van der Waals surface area contributed by atoms with Crippen molar-refractivity contribution in [3.8, 4) is 0 Å². The molecule has 1 atom stereocenters. The molecular weight excluding hydrogens is 136 g/mol. The van der Waals surface area contributed by atoms with E-state index >= 15 is 0 Å². The summed E-state index contributed by atoms with van der Waals surface area (Å²) in [6.45, 7) is 8.95. The molecule has 0 saturated carbocycles. The molecule has 1 saturated heterocycles. The molecule has 1 heterocycles. The molecule has 2 nitrogen and oxygen atoms in total. The Morgan fingerprint density at radius 2 is 2.18 bits per heavy atom. The van der Waals surface area contributed by atoms with Crippen molar-refractivity contribution in [2.45, 2.75) is 45.2 Å². The second-order valence-electron chi connectivity index (χ2n) is 4.42. The molecule has 2 heteroatoms. The van der Waals surface area contributed by atoms with Crippen LogP contribution in [-0.4, -0.2) is 24.7 Å². The van der Waals surface area contributed by atoms with E-state index in [0.29, 0.717) is 6.04 Å². The minimum absolute atomic E-state index is 0.268. The Bertz CT molecular complexity index is 109. The summed E-state index contributed by atoms with van der Waals surface area (Å²) in [6, 6.07) is 0.717. The predicted molar refractivity (Wildman–Crippen MR) is 48.8 cm³/mol. The average molecular weight is 156 g/mol. The molecule has 1 fully saturated rings. The number of nitrogens with one attached hydrogen (secondary N) is 2. The van der Waals surface area contributed by atoms with Crippen molar-refractivity contribution in [1.29, 1.82) is 0 Å². The number of rotatable bonds is 2. The van der Waals surface area contributed by atoms with E-state index in [9.17, 15) is 0 Å². The maximum Gasteiger partial charge on any atom is 0.0193 e. The highest BCUT2D eigenvalue weighted by atomic mass is 15.0. The van der Waals surface area contributed by atoms with Crippen molar-refractivity contribution in [3.63, 3.8) is 0 Å². The van der Waals surface area contributed by atoms with Crippen LogP contribution in [-0.2, 0) is 0 Å². The molecule has 0 radical (unpaired) electrons. The molecule has 1 aliphatic heterocycles. The summed E-state index contributed by atoms with van der Waals surface area (Å²) in [5.41, 5.74) is 0.268. The summed E-state index contributed by atoms with van der Waals surface area (Å²) >= 11 is 0. The zero-order valence-corrected chi connectivity index (χ0v) is 7.91. The fourth-order valence-electron chi connectivity index (χ4n) is 1.36. The monoisotopic (exact) mass is 156 g/mol. The lowest BCUT2D eigenvalue weighted by atomic mass is 10.1. The Labute approximate surface area is 69.8 Å². The maximum absolute atomic E-state index is 3.50. The van der Waals surface area contributed by atoms with Crippen LogP contribution in [0.1, 0.15) is 33.6 Å². The molecule has 0 bridgehead atoms. The van der Waals surface area contributed by atoms with Crippen molar-refractivity contribution in [2.24, 2.45) is 0 Å². The highest BCUT2D eigenvalue weighted by molar-refractivity contribution is 4.80. The standard InChI is InChI=1S/C9H20N2/c1-9(2,3)11-7-8-5-4-6-10-8/h8,10-11H,4-7H2,1-3H3/t8-/m1/s1. The summed E-state index contributed by atoms with van der Waals surface area (Å²) in [7, 11) is 0. The van der Waals surface area contributed by atoms with Crippen molar-refractivity contribution < 1.29 is 0 Å². The Hall–Kier alpha value is -0.0800. The van der Waals surface area contributed by atoms with Crippen molar-refractivity contribution in [1.82, 2.24) is 10.6 Å². The van der Waals surface area contributed by atoms with E-state index in [2.05, 4.69) is 31.4 Å². The second-order valence-corrected chi connectivity index (χ2v) is 4.42. The van der Waals surface area contributed by atoms with Gasteiger partial charge in [0.1, 0.15) is 0 Å². The first-order valence-electron chi connectivity index (χ1n) is 4.56. The maximum atomic E-state index is 3.50. The molecule has 1 aliphatic rings. The van der Waals surface area contributed by atoms with Gasteiger partial charge in [0.2, 0.25) is 0 Å². The van der Waals surface area contributed by atoms with Crippen LogP contribution in [0, 0.1) is 0 Å². The molecule has 0 aromatic carbocycles. The molecule has 0 aromatic heterocycles. The Morgan fingerprint density at radius 1 is 1.45 bits per heavy atom. The lowest BCUT2D eigenvalue weighted by Gasteiger charge is -2.23. The third kappa shape index (κ3) is 3.73. The molecule has 1 rings (SSSR count). The van der Waals surface area contributed by atoms with Gasteiger partial charge in [-0.15, -0.1) is 0 Å². The third-order valence-electron chi connectivity index (χ3n) is 2.04. The normalized spacial score (nSPS) is 25.9. The lowest BCUT2D eigenvalue weighted by Crippen LogP contribution is -2.43. The van der Waals surface area contributed by atoms with Gasteiger partial charge in [-0.2, -0.15) is 0 Å². The van der Waals surface area contributed by atoms with Gasteiger partial charge in [-0.1, -0.05) is 0 Å². The summed E-state index contributed by atoms with van der Waals surface area (Å²) < 4.78 is 0. The molecule has 0 aromatic rings. The first-order valence-corrected chi connectivity index (χ1v) is 4.56. The van der Waals surface area contributed by atoms with Crippen LogP contribution in [0.15, 0.2) is 0 Å². The zero-order valence-electron chi connectivity index (χ0n) is 7.91. The summed E-state index contributed by atoms with van der Waals surface area (Å²) in [6.07, 6.45) is 2.68. The van der Waals surface area contributed by atoms with Crippen LogP contribution in [0.25, 0.3) is 0 Å². The topological polar surface area (TPSA) is 24.1 Å². The van der Waals surface area contributed by atoms with Crippen LogP contribution < -0.4 is 10.6 Å². The van der Waals surface area contributed by atoms with Crippen LogP contribution >= 0.6 is 0 Å². The molecule has 2 N–H and O–H groups in total. The van der Waals surface area contributed by atoms with Crippen LogP contribution in [0.2, 0.25) is 0 Å². The quantitative estimate of drug-likeness (QED) is 0.626. The fraction of sp³-hybridized carbons (Fsp3) is 1.00. The van der Waals surface area contributed by atoms with Gasteiger partial charge in [0, 0.05) is 18.1 Å². The van der Waals surface area contributed by atoms with E-state index in [1.54, 1.807) is 0 Å². The summed E-state index contributed by atoms with van der Waals surface area (Å²) in [5.74, 6) is 0. The predicted octanol–water partition coefficient (Wildman–Crippen LogP) is 1.13. The molecular formula is C9H20N2. The molecule has 66 valence electrons.